The standard InChI is InChI=1S/C28H44N2O2/c1-22(24-10-3-4-11-24)32-25-12-7-9-23(17-25)18-30-19-26-27(20-30)28(26)21-31-16-8-15-29-13-5-2-6-14-29/h7,9,12,17,22,24,26-28H,2-6,8,10-11,13-16,18-21H2,1H3/t22?,26-,27+,28+. The van der Waals surface area contributed by atoms with E-state index in [9.17, 15) is 0 Å². The summed E-state index contributed by atoms with van der Waals surface area (Å²) < 4.78 is 12.4. The van der Waals surface area contributed by atoms with Crippen LogP contribution in [0, 0.1) is 23.7 Å². The first-order valence-electron chi connectivity index (χ1n) is 13.5. The molecule has 5 rings (SSSR count). The topological polar surface area (TPSA) is 24.9 Å². The lowest BCUT2D eigenvalue weighted by Crippen LogP contribution is -2.31. The fourth-order valence-corrected chi connectivity index (χ4v) is 6.62. The molecule has 2 saturated heterocycles. The van der Waals surface area contributed by atoms with Crippen LogP contribution in [-0.2, 0) is 11.3 Å². The van der Waals surface area contributed by atoms with Gasteiger partial charge in [-0.05, 0) is 93.5 Å². The van der Waals surface area contributed by atoms with Crippen molar-refractivity contribution in [2.45, 2.75) is 70.9 Å². The Bertz CT molecular complexity index is 701. The second-order valence-electron chi connectivity index (χ2n) is 11.0. The summed E-state index contributed by atoms with van der Waals surface area (Å²) in [6.07, 6.45) is 11.2. The molecule has 2 saturated carbocycles. The fraction of sp³-hybridized carbons (Fsp3) is 0.786. The number of piperidine rings is 2. The quantitative estimate of drug-likeness (QED) is 0.441. The third kappa shape index (κ3) is 5.87. The first-order chi connectivity index (χ1) is 15.8. The Hall–Kier alpha value is -1.10. The van der Waals surface area contributed by atoms with Gasteiger partial charge in [0.15, 0.2) is 0 Å². The lowest BCUT2D eigenvalue weighted by molar-refractivity contribution is 0.0967. The van der Waals surface area contributed by atoms with Crippen LogP contribution in [0.1, 0.15) is 63.9 Å². The van der Waals surface area contributed by atoms with Crippen molar-refractivity contribution in [3.63, 3.8) is 0 Å². The summed E-state index contributed by atoms with van der Waals surface area (Å²) in [7, 11) is 0. The molecule has 1 unspecified atom stereocenters. The molecule has 0 bridgehead atoms. The molecule has 4 aliphatic rings. The van der Waals surface area contributed by atoms with Crippen molar-refractivity contribution in [1.82, 2.24) is 9.80 Å². The van der Waals surface area contributed by atoms with E-state index in [0.717, 1.165) is 49.2 Å². The molecule has 0 amide bonds. The van der Waals surface area contributed by atoms with Crippen LogP contribution in [0.5, 0.6) is 5.75 Å². The molecule has 2 aliphatic heterocycles. The SMILES string of the molecule is CC(Oc1cccc(CN2C[C@@H]3[C@@H](COCCCN4CCCCC4)[C@@H]3C2)c1)C1CCCC1. The number of benzene rings is 1. The van der Waals surface area contributed by atoms with E-state index < -0.39 is 0 Å². The summed E-state index contributed by atoms with van der Waals surface area (Å²) in [6, 6.07) is 8.84. The van der Waals surface area contributed by atoms with E-state index in [2.05, 4.69) is 41.0 Å². The van der Waals surface area contributed by atoms with Gasteiger partial charge in [0.2, 0.25) is 0 Å². The summed E-state index contributed by atoms with van der Waals surface area (Å²) >= 11 is 0. The van der Waals surface area contributed by atoms with Crippen molar-refractivity contribution in [2.24, 2.45) is 23.7 Å². The maximum atomic E-state index is 6.32. The number of hydrogen-bond acceptors (Lipinski definition) is 4. The minimum atomic E-state index is 0.341. The van der Waals surface area contributed by atoms with Crippen molar-refractivity contribution in [2.75, 3.05) is 45.9 Å². The van der Waals surface area contributed by atoms with Gasteiger partial charge in [-0.2, -0.15) is 0 Å². The Morgan fingerprint density at radius 2 is 1.75 bits per heavy atom. The molecule has 4 nitrogen and oxygen atoms in total. The molecule has 0 radical (unpaired) electrons. The molecule has 0 spiro atoms. The largest absolute Gasteiger partial charge is 0.490 e. The molecule has 4 heteroatoms. The van der Waals surface area contributed by atoms with Crippen molar-refractivity contribution >= 4 is 0 Å². The van der Waals surface area contributed by atoms with Gasteiger partial charge >= 0.3 is 0 Å². The highest BCUT2D eigenvalue weighted by atomic mass is 16.5. The highest BCUT2D eigenvalue weighted by Crippen LogP contribution is 2.52. The Kier molecular flexibility index (Phi) is 7.71. The predicted molar refractivity (Wildman–Crippen MR) is 130 cm³/mol. The van der Waals surface area contributed by atoms with Crippen molar-refractivity contribution in [1.29, 1.82) is 0 Å². The normalized spacial score (nSPS) is 29.8. The van der Waals surface area contributed by atoms with Gasteiger partial charge in [0.25, 0.3) is 0 Å². The van der Waals surface area contributed by atoms with E-state index in [-0.39, 0.29) is 0 Å². The second kappa shape index (κ2) is 10.9. The van der Waals surface area contributed by atoms with Gasteiger partial charge in [0.1, 0.15) is 5.75 Å². The lowest BCUT2D eigenvalue weighted by atomic mass is 10.0. The van der Waals surface area contributed by atoms with Crippen LogP contribution in [0.15, 0.2) is 24.3 Å². The van der Waals surface area contributed by atoms with E-state index in [1.165, 1.54) is 89.7 Å². The molecule has 0 N–H and O–H groups in total. The molecule has 4 fully saturated rings. The molecular formula is C28H44N2O2. The number of rotatable bonds is 11. The van der Waals surface area contributed by atoms with Crippen LogP contribution in [-0.4, -0.2) is 61.8 Å². The van der Waals surface area contributed by atoms with Crippen LogP contribution in [0.3, 0.4) is 0 Å². The minimum Gasteiger partial charge on any atom is -0.490 e. The van der Waals surface area contributed by atoms with Gasteiger partial charge in [-0.3, -0.25) is 4.90 Å². The Labute approximate surface area is 195 Å². The van der Waals surface area contributed by atoms with E-state index in [4.69, 9.17) is 9.47 Å². The van der Waals surface area contributed by atoms with Crippen LogP contribution >= 0.6 is 0 Å². The summed E-state index contributed by atoms with van der Waals surface area (Å²) in [5.41, 5.74) is 1.40. The van der Waals surface area contributed by atoms with Crippen molar-refractivity contribution in [3.8, 4) is 5.75 Å². The molecule has 2 aliphatic carbocycles. The van der Waals surface area contributed by atoms with Gasteiger partial charge in [-0.15, -0.1) is 0 Å². The molecule has 1 aromatic rings. The van der Waals surface area contributed by atoms with E-state index in [1.54, 1.807) is 0 Å². The number of likely N-dealkylation sites (tertiary alicyclic amines) is 2. The highest BCUT2D eigenvalue weighted by molar-refractivity contribution is 5.29. The van der Waals surface area contributed by atoms with Crippen molar-refractivity contribution < 1.29 is 9.47 Å². The molecule has 0 aromatic heterocycles. The summed E-state index contributed by atoms with van der Waals surface area (Å²) in [6.45, 7) is 11.6. The summed E-state index contributed by atoms with van der Waals surface area (Å²) in [4.78, 5) is 5.26. The van der Waals surface area contributed by atoms with E-state index in [1.807, 2.05) is 0 Å². The smallest absolute Gasteiger partial charge is 0.120 e. The number of nitrogens with zero attached hydrogens (tertiary/aromatic N) is 2. The summed E-state index contributed by atoms with van der Waals surface area (Å²) in [5.74, 6) is 4.37. The first kappa shape index (κ1) is 22.7. The molecule has 178 valence electrons. The Morgan fingerprint density at radius 1 is 0.969 bits per heavy atom. The maximum absolute atomic E-state index is 6.32. The average molecular weight is 441 g/mol. The van der Waals surface area contributed by atoms with Gasteiger partial charge in [0.05, 0.1) is 12.7 Å². The number of ether oxygens (including phenoxy) is 2. The van der Waals surface area contributed by atoms with Gasteiger partial charge in [-0.1, -0.05) is 31.4 Å². The second-order valence-corrected chi connectivity index (χ2v) is 11.0. The molecular weight excluding hydrogens is 396 g/mol. The van der Waals surface area contributed by atoms with E-state index >= 15 is 0 Å². The maximum Gasteiger partial charge on any atom is 0.120 e. The number of fused-ring (bicyclic) bond motifs is 1. The monoisotopic (exact) mass is 440 g/mol. The number of hydrogen-bond donors (Lipinski definition) is 0. The van der Waals surface area contributed by atoms with Crippen LogP contribution in [0.4, 0.5) is 0 Å². The zero-order valence-corrected chi connectivity index (χ0v) is 20.2. The Morgan fingerprint density at radius 3 is 2.53 bits per heavy atom. The Balaban J connectivity index is 0.975. The van der Waals surface area contributed by atoms with Crippen LogP contribution < -0.4 is 4.74 Å². The lowest BCUT2D eigenvalue weighted by Gasteiger charge is -2.26. The van der Waals surface area contributed by atoms with Gasteiger partial charge < -0.3 is 14.4 Å². The highest BCUT2D eigenvalue weighted by Gasteiger charge is 2.55. The first-order valence-corrected chi connectivity index (χ1v) is 13.5. The fourth-order valence-electron chi connectivity index (χ4n) is 6.62. The minimum absolute atomic E-state index is 0.341. The van der Waals surface area contributed by atoms with Crippen molar-refractivity contribution in [3.05, 3.63) is 29.8 Å². The molecule has 4 atom stereocenters. The molecule has 32 heavy (non-hydrogen) atoms. The third-order valence-corrected chi connectivity index (χ3v) is 8.66. The van der Waals surface area contributed by atoms with Crippen LogP contribution in [0.25, 0.3) is 0 Å². The van der Waals surface area contributed by atoms with Crippen LogP contribution in [0.2, 0.25) is 0 Å². The third-order valence-electron chi connectivity index (χ3n) is 8.66. The average Bonchev–Trinajstić information content (AvgIpc) is 3.21. The molecule has 2 heterocycles. The molecule has 1 aromatic carbocycles. The summed E-state index contributed by atoms with van der Waals surface area (Å²) in [5, 5.41) is 0. The zero-order chi connectivity index (χ0) is 21.8. The van der Waals surface area contributed by atoms with E-state index in [0.29, 0.717) is 6.10 Å². The zero-order valence-electron chi connectivity index (χ0n) is 20.2. The predicted octanol–water partition coefficient (Wildman–Crippen LogP) is 5.21. The van der Waals surface area contributed by atoms with Gasteiger partial charge in [-0.25, -0.2) is 0 Å². The van der Waals surface area contributed by atoms with Gasteiger partial charge in [0, 0.05) is 32.8 Å².